The molecule has 2 aromatic heterocycles. The lowest BCUT2D eigenvalue weighted by Gasteiger charge is -2.11. The van der Waals surface area contributed by atoms with Crippen molar-refractivity contribution in [3.8, 4) is 0 Å². The molecule has 2 rings (SSSR count). The Labute approximate surface area is 120 Å². The maximum atomic E-state index is 11.5. The predicted octanol–water partition coefficient (Wildman–Crippen LogP) is 3.42. The van der Waals surface area contributed by atoms with Crippen molar-refractivity contribution in [2.45, 2.75) is 26.3 Å². The molecule has 0 saturated heterocycles. The lowest BCUT2D eigenvalue weighted by atomic mass is 10.1. The van der Waals surface area contributed by atoms with Gasteiger partial charge in [-0.2, -0.15) is 11.3 Å². The van der Waals surface area contributed by atoms with Crippen LogP contribution in [0, 0.1) is 0 Å². The normalized spacial score (nSPS) is 12.1. The fraction of sp³-hybridized carbons (Fsp3) is 0.385. The molecule has 1 atom stereocenters. The van der Waals surface area contributed by atoms with Crippen LogP contribution in [-0.2, 0) is 11.2 Å². The molecule has 0 aliphatic rings. The van der Waals surface area contributed by atoms with E-state index < -0.39 is 0 Å². The molecule has 4 nitrogen and oxygen atoms in total. The fourth-order valence-electron chi connectivity index (χ4n) is 1.66. The van der Waals surface area contributed by atoms with Crippen LogP contribution < -0.4 is 5.32 Å². The van der Waals surface area contributed by atoms with Crippen molar-refractivity contribution < 1.29 is 9.53 Å². The van der Waals surface area contributed by atoms with Crippen LogP contribution in [-0.4, -0.2) is 23.6 Å². The molecule has 0 amide bonds. The van der Waals surface area contributed by atoms with Crippen LogP contribution in [0.25, 0.3) is 0 Å². The van der Waals surface area contributed by atoms with E-state index in [-0.39, 0.29) is 12.0 Å². The summed E-state index contributed by atoms with van der Waals surface area (Å²) in [6.07, 6.45) is 0.942. The van der Waals surface area contributed by atoms with Gasteiger partial charge >= 0.3 is 5.97 Å². The van der Waals surface area contributed by atoms with Crippen molar-refractivity contribution in [3.05, 3.63) is 33.5 Å². The highest BCUT2D eigenvalue weighted by molar-refractivity contribution is 7.13. The Hall–Kier alpha value is -1.40. The standard InChI is InChI=1S/C13H16N2O2S2/c1-3-17-12(16)11-8-19-13(15-11)14-9(2)6-10-4-5-18-7-10/h4-5,7-9H,3,6H2,1-2H3,(H,14,15). The van der Waals surface area contributed by atoms with Crippen molar-refractivity contribution in [1.29, 1.82) is 0 Å². The molecule has 0 radical (unpaired) electrons. The number of thiophene rings is 1. The van der Waals surface area contributed by atoms with Gasteiger partial charge in [0.25, 0.3) is 0 Å². The van der Waals surface area contributed by atoms with E-state index in [4.69, 9.17) is 4.74 Å². The van der Waals surface area contributed by atoms with Crippen molar-refractivity contribution in [2.24, 2.45) is 0 Å². The zero-order valence-electron chi connectivity index (χ0n) is 10.9. The Morgan fingerprint density at radius 3 is 3.05 bits per heavy atom. The number of carbonyl (C=O) groups excluding carboxylic acids is 1. The lowest BCUT2D eigenvalue weighted by molar-refractivity contribution is 0.0520. The molecule has 0 fully saturated rings. The highest BCUT2D eigenvalue weighted by atomic mass is 32.1. The summed E-state index contributed by atoms with van der Waals surface area (Å²) in [5.74, 6) is -0.364. The second kappa shape index (κ2) is 6.68. The average molecular weight is 296 g/mol. The second-order valence-corrected chi connectivity index (χ2v) is 5.78. The van der Waals surface area contributed by atoms with E-state index in [2.05, 4.69) is 34.1 Å². The minimum Gasteiger partial charge on any atom is -0.461 e. The molecule has 0 aliphatic heterocycles. The van der Waals surface area contributed by atoms with Crippen LogP contribution in [0.4, 0.5) is 5.13 Å². The molecule has 1 unspecified atom stereocenters. The largest absolute Gasteiger partial charge is 0.461 e. The minimum atomic E-state index is -0.364. The summed E-state index contributed by atoms with van der Waals surface area (Å²) in [6.45, 7) is 4.25. The summed E-state index contributed by atoms with van der Waals surface area (Å²) in [5.41, 5.74) is 1.68. The van der Waals surface area contributed by atoms with Gasteiger partial charge in [0.05, 0.1) is 6.61 Å². The Balaban J connectivity index is 1.90. The number of anilines is 1. The van der Waals surface area contributed by atoms with Gasteiger partial charge in [-0.1, -0.05) is 0 Å². The number of esters is 1. The molecule has 6 heteroatoms. The van der Waals surface area contributed by atoms with Gasteiger partial charge in [0.1, 0.15) is 0 Å². The number of carbonyl (C=O) groups is 1. The van der Waals surface area contributed by atoms with Gasteiger partial charge < -0.3 is 10.1 Å². The van der Waals surface area contributed by atoms with E-state index in [9.17, 15) is 4.79 Å². The highest BCUT2D eigenvalue weighted by Crippen LogP contribution is 2.18. The first kappa shape index (κ1) is 14.0. The van der Waals surface area contributed by atoms with Crippen LogP contribution >= 0.6 is 22.7 Å². The first-order valence-electron chi connectivity index (χ1n) is 6.09. The number of aromatic nitrogens is 1. The predicted molar refractivity (Wildman–Crippen MR) is 79.2 cm³/mol. The number of thiazole rings is 1. The third-order valence-electron chi connectivity index (χ3n) is 2.48. The quantitative estimate of drug-likeness (QED) is 0.830. The van der Waals surface area contributed by atoms with Gasteiger partial charge in [-0.25, -0.2) is 9.78 Å². The van der Waals surface area contributed by atoms with Gasteiger partial charge in [0.15, 0.2) is 10.8 Å². The van der Waals surface area contributed by atoms with Crippen LogP contribution in [0.15, 0.2) is 22.2 Å². The number of ether oxygens (including phenoxy) is 1. The lowest BCUT2D eigenvalue weighted by Crippen LogP contribution is -2.17. The second-order valence-electron chi connectivity index (χ2n) is 4.14. The molecule has 19 heavy (non-hydrogen) atoms. The molecule has 1 N–H and O–H groups in total. The van der Waals surface area contributed by atoms with E-state index in [0.717, 1.165) is 11.6 Å². The Morgan fingerprint density at radius 1 is 1.53 bits per heavy atom. The number of nitrogens with one attached hydrogen (secondary N) is 1. The summed E-state index contributed by atoms with van der Waals surface area (Å²) >= 11 is 3.12. The Morgan fingerprint density at radius 2 is 2.37 bits per heavy atom. The average Bonchev–Trinajstić information content (AvgIpc) is 3.00. The SMILES string of the molecule is CCOC(=O)c1csc(NC(C)Cc2ccsc2)n1. The molecule has 0 aromatic carbocycles. The number of hydrogen-bond donors (Lipinski definition) is 1. The van der Waals surface area contributed by atoms with Crippen molar-refractivity contribution >= 4 is 33.8 Å². The zero-order valence-corrected chi connectivity index (χ0v) is 12.5. The summed E-state index contributed by atoms with van der Waals surface area (Å²) < 4.78 is 4.91. The van der Waals surface area contributed by atoms with E-state index in [1.54, 1.807) is 23.6 Å². The summed E-state index contributed by atoms with van der Waals surface area (Å²) in [4.78, 5) is 15.7. The maximum Gasteiger partial charge on any atom is 0.357 e. The first-order chi connectivity index (χ1) is 9.19. The van der Waals surface area contributed by atoms with E-state index in [1.165, 1.54) is 16.9 Å². The molecule has 2 heterocycles. The summed E-state index contributed by atoms with van der Waals surface area (Å²) in [6, 6.07) is 2.39. The third kappa shape index (κ3) is 4.04. The van der Waals surface area contributed by atoms with Crippen molar-refractivity contribution in [1.82, 2.24) is 4.98 Å². The van der Waals surface area contributed by atoms with E-state index in [0.29, 0.717) is 12.3 Å². The summed E-state index contributed by atoms with van der Waals surface area (Å²) in [7, 11) is 0. The monoisotopic (exact) mass is 296 g/mol. The first-order valence-corrected chi connectivity index (χ1v) is 7.91. The van der Waals surface area contributed by atoms with Gasteiger partial charge in [-0.05, 0) is 42.7 Å². The maximum absolute atomic E-state index is 11.5. The van der Waals surface area contributed by atoms with E-state index in [1.807, 2.05) is 0 Å². The van der Waals surface area contributed by atoms with Crippen molar-refractivity contribution in [2.75, 3.05) is 11.9 Å². The molecular weight excluding hydrogens is 280 g/mol. The number of nitrogens with zero attached hydrogens (tertiary/aromatic N) is 1. The third-order valence-corrected chi connectivity index (χ3v) is 3.99. The molecule has 0 saturated carbocycles. The molecule has 0 spiro atoms. The zero-order chi connectivity index (χ0) is 13.7. The van der Waals surface area contributed by atoms with Crippen molar-refractivity contribution in [3.63, 3.8) is 0 Å². The number of rotatable bonds is 6. The highest BCUT2D eigenvalue weighted by Gasteiger charge is 2.13. The molecule has 0 bridgehead atoms. The molecule has 0 aliphatic carbocycles. The van der Waals surface area contributed by atoms with Gasteiger partial charge in [0, 0.05) is 11.4 Å². The van der Waals surface area contributed by atoms with Crippen LogP contribution in [0.3, 0.4) is 0 Å². The van der Waals surface area contributed by atoms with Gasteiger partial charge in [-0.15, -0.1) is 11.3 Å². The molecule has 2 aromatic rings. The number of hydrogen-bond acceptors (Lipinski definition) is 6. The topological polar surface area (TPSA) is 51.2 Å². The van der Waals surface area contributed by atoms with Gasteiger partial charge in [0.2, 0.25) is 0 Å². The Bertz CT molecular complexity index is 522. The fourth-order valence-corrected chi connectivity index (χ4v) is 3.14. The van der Waals surface area contributed by atoms with Crippen LogP contribution in [0.5, 0.6) is 0 Å². The Kier molecular flexibility index (Phi) is 4.93. The van der Waals surface area contributed by atoms with Crippen LogP contribution in [0.2, 0.25) is 0 Å². The molecule has 102 valence electrons. The van der Waals surface area contributed by atoms with E-state index >= 15 is 0 Å². The van der Waals surface area contributed by atoms with Crippen LogP contribution in [0.1, 0.15) is 29.9 Å². The van der Waals surface area contributed by atoms with Gasteiger partial charge in [-0.3, -0.25) is 0 Å². The smallest absolute Gasteiger partial charge is 0.357 e. The summed E-state index contributed by atoms with van der Waals surface area (Å²) in [5, 5.41) is 9.99. The molecular formula is C13H16N2O2S2. The minimum absolute atomic E-state index is 0.274.